The van der Waals surface area contributed by atoms with Crippen molar-refractivity contribution in [2.24, 2.45) is 0 Å². The number of amides is 2. The number of nitrogens with one attached hydrogen (secondary N) is 2. The summed E-state index contributed by atoms with van der Waals surface area (Å²) < 4.78 is 53.3. The molecule has 4 rings (SSSR count). The van der Waals surface area contributed by atoms with Crippen molar-refractivity contribution in [1.82, 2.24) is 4.98 Å². The Labute approximate surface area is 253 Å². The van der Waals surface area contributed by atoms with Gasteiger partial charge in [-0.05, 0) is 76.1 Å². The average molecular weight is 613 g/mol. The van der Waals surface area contributed by atoms with E-state index in [-0.39, 0.29) is 48.9 Å². The van der Waals surface area contributed by atoms with Crippen molar-refractivity contribution in [3.63, 3.8) is 0 Å². The van der Waals surface area contributed by atoms with E-state index in [1.54, 1.807) is 39.0 Å². The number of halogens is 3. The third-order valence-electron chi connectivity index (χ3n) is 6.62. The summed E-state index contributed by atoms with van der Waals surface area (Å²) in [6.07, 6.45) is -6.34. The van der Waals surface area contributed by atoms with Crippen LogP contribution in [0.4, 0.5) is 35.0 Å². The second-order valence-electron chi connectivity index (χ2n) is 11.5. The Kier molecular flexibility index (Phi) is 9.62. The van der Waals surface area contributed by atoms with Gasteiger partial charge in [-0.2, -0.15) is 13.2 Å². The van der Waals surface area contributed by atoms with E-state index in [9.17, 15) is 27.6 Å². The van der Waals surface area contributed by atoms with E-state index in [4.69, 9.17) is 9.47 Å². The van der Waals surface area contributed by atoms with Crippen molar-refractivity contribution in [2.75, 3.05) is 41.8 Å². The molecule has 1 aliphatic rings. The maximum absolute atomic E-state index is 14.3. The number of hydrogen-bond acceptors (Lipinski definition) is 7. The molecule has 12 heteroatoms. The van der Waals surface area contributed by atoms with Crippen molar-refractivity contribution < 1.29 is 37.0 Å². The van der Waals surface area contributed by atoms with Crippen molar-refractivity contribution in [2.45, 2.75) is 52.8 Å². The Hall–Kier alpha value is -4.45. The molecule has 0 atom stereocenters. The molecule has 234 valence electrons. The van der Waals surface area contributed by atoms with Crippen LogP contribution in [-0.4, -0.2) is 54.7 Å². The van der Waals surface area contributed by atoms with Crippen LogP contribution in [0, 0.1) is 13.8 Å². The first-order chi connectivity index (χ1) is 20.6. The van der Waals surface area contributed by atoms with E-state index in [0.717, 1.165) is 34.6 Å². The van der Waals surface area contributed by atoms with E-state index >= 15 is 0 Å². The summed E-state index contributed by atoms with van der Waals surface area (Å²) in [5, 5.41) is 4.86. The van der Waals surface area contributed by atoms with Gasteiger partial charge in [0.1, 0.15) is 5.60 Å². The molecular weight excluding hydrogens is 577 g/mol. The van der Waals surface area contributed by atoms with Gasteiger partial charge in [-0.25, -0.2) is 4.79 Å². The first-order valence-electron chi connectivity index (χ1n) is 14.1. The molecule has 2 N–H and O–H groups in total. The zero-order valence-corrected chi connectivity index (χ0v) is 25.2. The van der Waals surface area contributed by atoms with Gasteiger partial charge in [0.2, 0.25) is 5.91 Å². The first kappa shape index (κ1) is 32.5. The quantitative estimate of drug-likeness (QED) is 0.224. The second-order valence-corrected chi connectivity index (χ2v) is 11.5. The van der Waals surface area contributed by atoms with Gasteiger partial charge in [0.15, 0.2) is 5.78 Å². The maximum Gasteiger partial charge on any atom is 0.418 e. The number of anilines is 3. The van der Waals surface area contributed by atoms with E-state index in [1.807, 2.05) is 32.0 Å². The molecule has 9 nitrogen and oxygen atoms in total. The number of rotatable bonds is 7. The van der Waals surface area contributed by atoms with Crippen LogP contribution in [0.25, 0.3) is 11.1 Å². The topological polar surface area (TPSA) is 110 Å². The number of pyridine rings is 1. The van der Waals surface area contributed by atoms with Crippen LogP contribution in [-0.2, 0) is 20.4 Å². The van der Waals surface area contributed by atoms with Gasteiger partial charge in [0, 0.05) is 30.0 Å². The fourth-order valence-corrected chi connectivity index (χ4v) is 4.82. The molecule has 1 fully saturated rings. The zero-order chi connectivity index (χ0) is 32.2. The summed E-state index contributed by atoms with van der Waals surface area (Å²) in [5.74, 6) is -1.38. The number of benzene rings is 2. The number of carbonyl (C=O) groups is 3. The molecule has 0 spiro atoms. The summed E-state index contributed by atoms with van der Waals surface area (Å²) in [7, 11) is 0. The van der Waals surface area contributed by atoms with Crippen molar-refractivity contribution in [3.05, 3.63) is 71.0 Å². The van der Waals surface area contributed by atoms with E-state index in [1.165, 1.54) is 4.90 Å². The molecule has 1 aromatic heterocycles. The lowest BCUT2D eigenvalue weighted by molar-refractivity contribution is -0.137. The number of alkyl halides is 3. The highest BCUT2D eigenvalue weighted by molar-refractivity contribution is 6.12. The molecule has 2 amide bonds. The van der Waals surface area contributed by atoms with Crippen LogP contribution in [0.1, 0.15) is 54.5 Å². The van der Waals surface area contributed by atoms with Gasteiger partial charge in [0.05, 0.1) is 42.3 Å². The minimum atomic E-state index is -4.78. The third-order valence-corrected chi connectivity index (χ3v) is 6.62. The molecule has 0 bridgehead atoms. The predicted octanol–water partition coefficient (Wildman–Crippen LogP) is 6.78. The Bertz CT molecular complexity index is 1540. The lowest BCUT2D eigenvalue weighted by Crippen LogP contribution is -2.37. The fraction of sp³-hybridized carbons (Fsp3) is 0.375. The summed E-state index contributed by atoms with van der Waals surface area (Å²) >= 11 is 0. The van der Waals surface area contributed by atoms with Crippen molar-refractivity contribution >= 4 is 34.8 Å². The van der Waals surface area contributed by atoms with E-state index < -0.39 is 41.5 Å². The molecule has 1 saturated heterocycles. The molecule has 0 radical (unpaired) electrons. The van der Waals surface area contributed by atoms with Crippen molar-refractivity contribution in [3.8, 4) is 11.1 Å². The monoisotopic (exact) mass is 612 g/mol. The number of aromatic nitrogens is 1. The highest BCUT2D eigenvalue weighted by atomic mass is 19.4. The van der Waals surface area contributed by atoms with E-state index in [0.29, 0.717) is 0 Å². The molecule has 1 aliphatic heterocycles. The minimum Gasteiger partial charge on any atom is -0.444 e. The Morgan fingerprint density at radius 2 is 1.55 bits per heavy atom. The third kappa shape index (κ3) is 8.56. The lowest BCUT2D eigenvalue weighted by Gasteiger charge is -2.32. The number of carbonyl (C=O) groups excluding carboxylic acids is 3. The SMILES string of the molecule is Cc1cc(-c2cccc(C(=O)CC(=O)Nc3cc(C(F)(F)F)c(N4CCOCC4)cc3NC(=O)OC(C)(C)C)c2)cc(C)n1. The van der Waals surface area contributed by atoms with Gasteiger partial charge in [0.25, 0.3) is 0 Å². The number of morpholine rings is 1. The number of ketones is 1. The number of nitrogens with zero attached hydrogens (tertiary/aromatic N) is 2. The number of Topliss-reactive ketones (excluding diaryl/α,β-unsaturated/α-hetero) is 1. The van der Waals surface area contributed by atoms with Gasteiger partial charge in [-0.1, -0.05) is 18.2 Å². The molecule has 0 aliphatic carbocycles. The van der Waals surface area contributed by atoms with Crippen LogP contribution in [0.3, 0.4) is 0 Å². The van der Waals surface area contributed by atoms with Gasteiger partial charge in [-0.15, -0.1) is 0 Å². The maximum atomic E-state index is 14.3. The predicted molar refractivity (Wildman–Crippen MR) is 161 cm³/mol. The van der Waals surface area contributed by atoms with Gasteiger partial charge < -0.3 is 19.7 Å². The first-order valence-corrected chi connectivity index (χ1v) is 14.1. The van der Waals surface area contributed by atoms with E-state index in [2.05, 4.69) is 15.6 Å². The normalized spacial score (nSPS) is 13.8. The standard InChI is InChI=1S/C32H35F3N4O5/c1-19-13-23(14-20(2)36-19)21-7-6-8-22(15-21)28(40)18-29(41)37-25-16-24(32(33,34)35)27(39-9-11-43-12-10-39)17-26(25)38-30(42)44-31(3,4)5/h6-8,13-17H,9-12,18H2,1-5H3,(H,37,41)(H,38,42). The fourth-order valence-electron chi connectivity index (χ4n) is 4.82. The molecule has 2 aromatic carbocycles. The van der Waals surface area contributed by atoms with Gasteiger partial charge >= 0.3 is 12.3 Å². The summed E-state index contributed by atoms with van der Waals surface area (Å²) in [4.78, 5) is 44.7. The molecule has 3 aromatic rings. The number of ether oxygens (including phenoxy) is 2. The number of aryl methyl sites for hydroxylation is 2. The van der Waals surface area contributed by atoms with Crippen LogP contribution >= 0.6 is 0 Å². The highest BCUT2D eigenvalue weighted by Gasteiger charge is 2.37. The minimum absolute atomic E-state index is 0.111. The summed E-state index contributed by atoms with van der Waals surface area (Å²) in [6, 6.07) is 12.4. The number of hydrogen-bond donors (Lipinski definition) is 2. The largest absolute Gasteiger partial charge is 0.444 e. The van der Waals surface area contributed by atoms with Crippen LogP contribution in [0.5, 0.6) is 0 Å². The molecule has 0 unspecified atom stereocenters. The van der Waals surface area contributed by atoms with Crippen LogP contribution < -0.4 is 15.5 Å². The Morgan fingerprint density at radius 1 is 0.909 bits per heavy atom. The van der Waals surface area contributed by atoms with Crippen molar-refractivity contribution in [1.29, 1.82) is 0 Å². The highest BCUT2D eigenvalue weighted by Crippen LogP contribution is 2.42. The molecule has 44 heavy (non-hydrogen) atoms. The zero-order valence-electron chi connectivity index (χ0n) is 25.2. The molecule has 2 heterocycles. The van der Waals surface area contributed by atoms with Crippen LogP contribution in [0.2, 0.25) is 0 Å². The smallest absolute Gasteiger partial charge is 0.418 e. The van der Waals surface area contributed by atoms with Gasteiger partial charge in [-0.3, -0.25) is 19.9 Å². The second kappa shape index (κ2) is 13.0. The lowest BCUT2D eigenvalue weighted by atomic mass is 9.99. The average Bonchev–Trinajstić information content (AvgIpc) is 2.92. The summed E-state index contributed by atoms with van der Waals surface area (Å²) in [5.41, 5.74) is 0.973. The Morgan fingerprint density at radius 3 is 2.16 bits per heavy atom. The van der Waals surface area contributed by atoms with Crippen LogP contribution in [0.15, 0.2) is 48.5 Å². The molecular formula is C32H35F3N4O5. The Balaban J connectivity index is 1.63. The molecule has 0 saturated carbocycles. The summed E-state index contributed by atoms with van der Waals surface area (Å²) in [6.45, 7) is 9.50.